The van der Waals surface area contributed by atoms with Crippen molar-refractivity contribution in [1.82, 2.24) is 0 Å². The van der Waals surface area contributed by atoms with E-state index in [-0.39, 0.29) is 22.9 Å². The number of rotatable bonds is 3. The molecule has 0 aliphatic rings. The summed E-state index contributed by atoms with van der Waals surface area (Å²) in [5, 5.41) is 2.64. The van der Waals surface area contributed by atoms with Gasteiger partial charge in [-0.25, -0.2) is 4.39 Å². The number of carbonyl (C=O) groups is 1. The first kappa shape index (κ1) is 14.7. The van der Waals surface area contributed by atoms with Crippen molar-refractivity contribution in [3.05, 3.63) is 29.6 Å². The highest BCUT2D eigenvalue weighted by atomic mass is 19.1. The van der Waals surface area contributed by atoms with E-state index >= 15 is 0 Å². The van der Waals surface area contributed by atoms with E-state index in [1.807, 2.05) is 13.8 Å². The molecule has 0 bridgehead atoms. The molecule has 0 saturated carbocycles. The molecule has 18 heavy (non-hydrogen) atoms. The summed E-state index contributed by atoms with van der Waals surface area (Å²) in [4.78, 5) is 11.9. The Bertz CT molecular complexity index is 435. The molecule has 0 aliphatic heterocycles. The molecular formula is C15H22FNO. The Morgan fingerprint density at radius 3 is 2.56 bits per heavy atom. The Labute approximate surface area is 109 Å². The first-order valence-electron chi connectivity index (χ1n) is 6.26. The third-order valence-corrected chi connectivity index (χ3v) is 3.37. The zero-order valence-corrected chi connectivity index (χ0v) is 11.8. The number of aryl methyl sites for hydroxylation is 1. The normalized spacial score (nSPS) is 13.2. The quantitative estimate of drug-likeness (QED) is 0.859. The molecule has 1 unspecified atom stereocenters. The van der Waals surface area contributed by atoms with Gasteiger partial charge < -0.3 is 5.32 Å². The molecule has 1 N–H and O–H groups in total. The maximum Gasteiger partial charge on any atom is 0.224 e. The van der Waals surface area contributed by atoms with Gasteiger partial charge in [0, 0.05) is 6.42 Å². The lowest BCUT2D eigenvalue weighted by atomic mass is 9.80. The van der Waals surface area contributed by atoms with E-state index < -0.39 is 5.82 Å². The Morgan fingerprint density at radius 2 is 2.00 bits per heavy atom. The second kappa shape index (κ2) is 5.51. The molecule has 1 amide bonds. The van der Waals surface area contributed by atoms with Crippen molar-refractivity contribution >= 4 is 11.6 Å². The van der Waals surface area contributed by atoms with Crippen molar-refractivity contribution < 1.29 is 9.18 Å². The van der Waals surface area contributed by atoms with Crippen LogP contribution in [0.2, 0.25) is 0 Å². The molecule has 0 heterocycles. The number of carbonyl (C=O) groups excluding carboxylic acids is 1. The van der Waals surface area contributed by atoms with Gasteiger partial charge in [0.1, 0.15) is 5.82 Å². The first-order chi connectivity index (χ1) is 8.20. The van der Waals surface area contributed by atoms with Crippen molar-refractivity contribution in [1.29, 1.82) is 0 Å². The summed E-state index contributed by atoms with van der Waals surface area (Å²) in [6.45, 7) is 10.2. The molecular weight excluding hydrogens is 229 g/mol. The Kier molecular flexibility index (Phi) is 4.49. The lowest BCUT2D eigenvalue weighted by Gasteiger charge is -2.26. The minimum Gasteiger partial charge on any atom is -0.324 e. The predicted octanol–water partition coefficient (Wildman–Crippen LogP) is 4.14. The highest BCUT2D eigenvalue weighted by Gasteiger charge is 2.22. The number of hydrogen-bond donors (Lipinski definition) is 1. The van der Waals surface area contributed by atoms with Crippen LogP contribution in [0.5, 0.6) is 0 Å². The van der Waals surface area contributed by atoms with E-state index in [0.29, 0.717) is 6.42 Å². The number of anilines is 1. The summed E-state index contributed by atoms with van der Waals surface area (Å²) in [7, 11) is 0. The van der Waals surface area contributed by atoms with Crippen molar-refractivity contribution in [2.75, 3.05) is 5.32 Å². The fraction of sp³-hybridized carbons (Fsp3) is 0.533. The van der Waals surface area contributed by atoms with Crippen LogP contribution >= 0.6 is 0 Å². The molecule has 1 atom stereocenters. The molecule has 100 valence electrons. The average molecular weight is 251 g/mol. The van der Waals surface area contributed by atoms with Gasteiger partial charge in [0.05, 0.1) is 5.69 Å². The second-order valence-corrected chi connectivity index (χ2v) is 6.00. The minimum atomic E-state index is -0.391. The fourth-order valence-electron chi connectivity index (χ4n) is 1.52. The maximum atomic E-state index is 13.5. The molecule has 2 nitrogen and oxygen atoms in total. The lowest BCUT2D eigenvalue weighted by molar-refractivity contribution is -0.117. The monoisotopic (exact) mass is 251 g/mol. The van der Waals surface area contributed by atoms with Crippen LogP contribution in [0.25, 0.3) is 0 Å². The van der Waals surface area contributed by atoms with Crippen molar-refractivity contribution in [3.63, 3.8) is 0 Å². The fourth-order valence-corrected chi connectivity index (χ4v) is 1.52. The SMILES string of the molecule is Cc1ccc(F)c(NC(=O)CC(C)C(C)(C)C)c1. The van der Waals surface area contributed by atoms with Crippen LogP contribution in [0.3, 0.4) is 0 Å². The molecule has 1 aromatic rings. The summed E-state index contributed by atoms with van der Waals surface area (Å²) in [6.07, 6.45) is 0.400. The van der Waals surface area contributed by atoms with E-state index in [0.717, 1.165) is 5.56 Å². The van der Waals surface area contributed by atoms with Crippen LogP contribution in [0.4, 0.5) is 10.1 Å². The molecule has 0 radical (unpaired) electrons. The van der Waals surface area contributed by atoms with Crippen LogP contribution < -0.4 is 5.32 Å². The van der Waals surface area contributed by atoms with Crippen LogP contribution in [-0.2, 0) is 4.79 Å². The van der Waals surface area contributed by atoms with Crippen LogP contribution in [0.1, 0.15) is 39.7 Å². The largest absolute Gasteiger partial charge is 0.324 e. The molecule has 3 heteroatoms. The van der Waals surface area contributed by atoms with E-state index in [9.17, 15) is 9.18 Å². The van der Waals surface area contributed by atoms with Crippen molar-refractivity contribution in [3.8, 4) is 0 Å². The Hall–Kier alpha value is -1.38. The minimum absolute atomic E-state index is 0.0719. The third-order valence-electron chi connectivity index (χ3n) is 3.37. The van der Waals surface area contributed by atoms with Crippen LogP contribution in [0, 0.1) is 24.1 Å². The number of amides is 1. The highest BCUT2D eigenvalue weighted by Crippen LogP contribution is 2.28. The van der Waals surface area contributed by atoms with Crippen molar-refractivity contribution in [2.24, 2.45) is 11.3 Å². The Balaban J connectivity index is 2.68. The molecule has 0 saturated heterocycles. The molecule has 0 aromatic heterocycles. The highest BCUT2D eigenvalue weighted by molar-refractivity contribution is 5.91. The number of halogens is 1. The van der Waals surface area contributed by atoms with Crippen LogP contribution in [0.15, 0.2) is 18.2 Å². The zero-order chi connectivity index (χ0) is 13.9. The molecule has 0 spiro atoms. The number of hydrogen-bond acceptors (Lipinski definition) is 1. The Morgan fingerprint density at radius 1 is 1.39 bits per heavy atom. The maximum absolute atomic E-state index is 13.5. The molecule has 1 aromatic carbocycles. The summed E-state index contributed by atoms with van der Waals surface area (Å²) < 4.78 is 13.5. The summed E-state index contributed by atoms with van der Waals surface area (Å²) in [5.41, 5.74) is 1.26. The summed E-state index contributed by atoms with van der Waals surface area (Å²) >= 11 is 0. The van der Waals surface area contributed by atoms with Gasteiger partial charge >= 0.3 is 0 Å². The lowest BCUT2D eigenvalue weighted by Crippen LogP contribution is -2.24. The van der Waals surface area contributed by atoms with Gasteiger partial charge in [0.25, 0.3) is 0 Å². The van der Waals surface area contributed by atoms with Gasteiger partial charge in [-0.2, -0.15) is 0 Å². The van der Waals surface area contributed by atoms with Gasteiger partial charge in [0.2, 0.25) is 5.91 Å². The zero-order valence-electron chi connectivity index (χ0n) is 11.8. The van der Waals surface area contributed by atoms with Gasteiger partial charge in [-0.3, -0.25) is 4.79 Å². The van der Waals surface area contributed by atoms with E-state index in [1.165, 1.54) is 6.07 Å². The molecule has 0 fully saturated rings. The standard InChI is InChI=1S/C15H22FNO/c1-10-6-7-12(16)13(8-10)17-14(18)9-11(2)15(3,4)5/h6-8,11H,9H2,1-5H3,(H,17,18). The van der Waals surface area contributed by atoms with E-state index in [1.54, 1.807) is 12.1 Å². The van der Waals surface area contributed by atoms with E-state index in [2.05, 4.69) is 26.1 Å². The molecule has 1 rings (SSSR count). The molecule has 0 aliphatic carbocycles. The summed E-state index contributed by atoms with van der Waals surface area (Å²) in [6, 6.07) is 4.70. The third kappa shape index (κ3) is 4.13. The smallest absolute Gasteiger partial charge is 0.224 e. The van der Waals surface area contributed by atoms with Gasteiger partial charge in [-0.15, -0.1) is 0 Å². The average Bonchev–Trinajstić information content (AvgIpc) is 2.22. The first-order valence-corrected chi connectivity index (χ1v) is 6.26. The number of nitrogens with one attached hydrogen (secondary N) is 1. The van der Waals surface area contributed by atoms with E-state index in [4.69, 9.17) is 0 Å². The summed E-state index contributed by atoms with van der Waals surface area (Å²) in [5.74, 6) is -0.287. The predicted molar refractivity (Wildman–Crippen MR) is 73.0 cm³/mol. The topological polar surface area (TPSA) is 29.1 Å². The van der Waals surface area contributed by atoms with Gasteiger partial charge in [0.15, 0.2) is 0 Å². The number of benzene rings is 1. The van der Waals surface area contributed by atoms with Gasteiger partial charge in [-0.05, 0) is 36.0 Å². The van der Waals surface area contributed by atoms with Crippen molar-refractivity contribution in [2.45, 2.75) is 41.0 Å². The second-order valence-electron chi connectivity index (χ2n) is 6.00. The van der Waals surface area contributed by atoms with Gasteiger partial charge in [-0.1, -0.05) is 33.8 Å². The van der Waals surface area contributed by atoms with Crippen LogP contribution in [-0.4, -0.2) is 5.91 Å².